The van der Waals surface area contributed by atoms with Crippen molar-refractivity contribution in [2.75, 3.05) is 13.1 Å². The van der Waals surface area contributed by atoms with Gasteiger partial charge in [-0.1, -0.05) is 6.92 Å². The summed E-state index contributed by atoms with van der Waals surface area (Å²) in [7, 11) is 0. The highest BCUT2D eigenvalue weighted by Crippen LogP contribution is 2.17. The molecule has 1 aliphatic heterocycles. The van der Waals surface area contributed by atoms with E-state index in [-0.39, 0.29) is 18.1 Å². The Balaban J connectivity index is 1.82. The standard InChI is InChI=1S/C17H25N3O4/c1-3-12(2)24-15-10-13(4-7-18-15)11-19-17(23)20-8-5-14(6-9-20)16(21)22/h4,7,10,12,14H,3,5-6,8-9,11H2,1-2H3,(H,19,23)(H,21,22). The second kappa shape index (κ2) is 8.52. The van der Waals surface area contributed by atoms with Crippen molar-refractivity contribution in [2.45, 2.75) is 45.8 Å². The number of hydrogen-bond acceptors (Lipinski definition) is 4. The van der Waals surface area contributed by atoms with E-state index in [0.717, 1.165) is 12.0 Å². The highest BCUT2D eigenvalue weighted by atomic mass is 16.5. The van der Waals surface area contributed by atoms with Gasteiger partial charge in [0.25, 0.3) is 0 Å². The molecule has 2 N–H and O–H groups in total. The van der Waals surface area contributed by atoms with Gasteiger partial charge in [-0.05, 0) is 37.8 Å². The van der Waals surface area contributed by atoms with Gasteiger partial charge >= 0.3 is 12.0 Å². The second-order valence-electron chi connectivity index (χ2n) is 6.10. The van der Waals surface area contributed by atoms with E-state index >= 15 is 0 Å². The maximum absolute atomic E-state index is 12.2. The number of aliphatic carboxylic acids is 1. The summed E-state index contributed by atoms with van der Waals surface area (Å²) in [5.41, 5.74) is 0.914. The van der Waals surface area contributed by atoms with Gasteiger partial charge in [0.15, 0.2) is 0 Å². The largest absolute Gasteiger partial charge is 0.481 e. The number of carbonyl (C=O) groups excluding carboxylic acids is 1. The minimum absolute atomic E-state index is 0.0953. The van der Waals surface area contributed by atoms with Crippen LogP contribution in [0.4, 0.5) is 4.79 Å². The summed E-state index contributed by atoms with van der Waals surface area (Å²) in [4.78, 5) is 28.9. The number of piperidine rings is 1. The Hall–Kier alpha value is -2.31. The second-order valence-corrected chi connectivity index (χ2v) is 6.10. The van der Waals surface area contributed by atoms with Gasteiger partial charge in [0.1, 0.15) is 0 Å². The summed E-state index contributed by atoms with van der Waals surface area (Å²) < 4.78 is 5.67. The Bertz CT molecular complexity index is 571. The lowest BCUT2D eigenvalue weighted by molar-refractivity contribution is -0.143. The van der Waals surface area contributed by atoms with E-state index in [1.807, 2.05) is 26.0 Å². The topological polar surface area (TPSA) is 91.8 Å². The molecule has 0 radical (unpaired) electrons. The van der Waals surface area contributed by atoms with Gasteiger partial charge in [-0.3, -0.25) is 4.79 Å². The Morgan fingerprint density at radius 3 is 2.79 bits per heavy atom. The molecule has 1 atom stereocenters. The van der Waals surface area contributed by atoms with Crippen LogP contribution in [-0.4, -0.2) is 46.2 Å². The summed E-state index contributed by atoms with van der Waals surface area (Å²) >= 11 is 0. The third-order valence-corrected chi connectivity index (χ3v) is 4.27. The number of amides is 2. The third-order valence-electron chi connectivity index (χ3n) is 4.27. The minimum atomic E-state index is -0.777. The van der Waals surface area contributed by atoms with E-state index < -0.39 is 5.97 Å². The summed E-state index contributed by atoms with van der Waals surface area (Å²) in [5.74, 6) is -0.562. The average molecular weight is 335 g/mol. The molecule has 0 saturated carbocycles. The zero-order valence-electron chi connectivity index (χ0n) is 14.2. The van der Waals surface area contributed by atoms with E-state index in [1.54, 1.807) is 11.1 Å². The molecule has 7 nitrogen and oxygen atoms in total. The summed E-state index contributed by atoms with van der Waals surface area (Å²) in [5, 5.41) is 11.8. The molecule has 0 bridgehead atoms. The number of hydrogen-bond donors (Lipinski definition) is 2. The van der Waals surface area contributed by atoms with Gasteiger partial charge in [-0.2, -0.15) is 0 Å². The van der Waals surface area contributed by atoms with Crippen molar-refractivity contribution < 1.29 is 19.4 Å². The first-order chi connectivity index (χ1) is 11.5. The Labute approximate surface area is 142 Å². The summed E-state index contributed by atoms with van der Waals surface area (Å²) in [6, 6.07) is 3.49. The first kappa shape index (κ1) is 18.0. The van der Waals surface area contributed by atoms with Crippen LogP contribution in [0.15, 0.2) is 18.3 Å². The minimum Gasteiger partial charge on any atom is -0.481 e. The van der Waals surface area contributed by atoms with Crippen molar-refractivity contribution in [3.63, 3.8) is 0 Å². The molecule has 132 valence electrons. The molecule has 0 spiro atoms. The van der Waals surface area contributed by atoms with Gasteiger partial charge in [0.2, 0.25) is 5.88 Å². The lowest BCUT2D eigenvalue weighted by Gasteiger charge is -2.30. The first-order valence-corrected chi connectivity index (χ1v) is 8.36. The molecular formula is C17H25N3O4. The number of nitrogens with one attached hydrogen (secondary N) is 1. The molecule has 1 fully saturated rings. The number of nitrogens with zero attached hydrogens (tertiary/aromatic N) is 2. The number of aromatic nitrogens is 1. The Morgan fingerprint density at radius 1 is 1.46 bits per heavy atom. The SMILES string of the molecule is CCC(C)Oc1cc(CNC(=O)N2CCC(C(=O)O)CC2)ccn1. The molecule has 7 heteroatoms. The highest BCUT2D eigenvalue weighted by Gasteiger charge is 2.26. The van der Waals surface area contributed by atoms with Crippen molar-refractivity contribution in [1.82, 2.24) is 15.2 Å². The maximum Gasteiger partial charge on any atom is 0.317 e. The number of carboxylic acid groups (broad SMARTS) is 1. The van der Waals surface area contributed by atoms with Crippen molar-refractivity contribution in [1.29, 1.82) is 0 Å². The monoisotopic (exact) mass is 335 g/mol. The van der Waals surface area contributed by atoms with Crippen LogP contribution < -0.4 is 10.1 Å². The van der Waals surface area contributed by atoms with E-state index in [1.165, 1.54) is 0 Å². The lowest BCUT2D eigenvalue weighted by atomic mass is 9.97. The van der Waals surface area contributed by atoms with Crippen LogP contribution >= 0.6 is 0 Å². The fraction of sp³-hybridized carbons (Fsp3) is 0.588. The van der Waals surface area contributed by atoms with Crippen LogP contribution in [0.1, 0.15) is 38.7 Å². The van der Waals surface area contributed by atoms with E-state index in [9.17, 15) is 9.59 Å². The van der Waals surface area contributed by atoms with Gasteiger partial charge in [0.05, 0.1) is 12.0 Å². The van der Waals surface area contributed by atoms with Crippen LogP contribution in [0.25, 0.3) is 0 Å². The number of carboxylic acids is 1. The number of pyridine rings is 1. The number of likely N-dealkylation sites (tertiary alicyclic amines) is 1. The molecule has 1 aromatic heterocycles. The van der Waals surface area contributed by atoms with Gasteiger partial charge in [0, 0.05) is 31.9 Å². The Morgan fingerprint density at radius 2 is 2.17 bits per heavy atom. The molecule has 1 saturated heterocycles. The van der Waals surface area contributed by atoms with Gasteiger partial charge in [-0.15, -0.1) is 0 Å². The van der Waals surface area contributed by atoms with Crippen LogP contribution in [0.3, 0.4) is 0 Å². The Kier molecular flexibility index (Phi) is 6.40. The van der Waals surface area contributed by atoms with Crippen molar-refractivity contribution >= 4 is 12.0 Å². The van der Waals surface area contributed by atoms with Crippen molar-refractivity contribution in [2.24, 2.45) is 5.92 Å². The van der Waals surface area contributed by atoms with Crippen LogP contribution in [0, 0.1) is 5.92 Å². The zero-order chi connectivity index (χ0) is 17.5. The van der Waals surface area contributed by atoms with Crippen molar-refractivity contribution in [3.8, 4) is 5.88 Å². The zero-order valence-corrected chi connectivity index (χ0v) is 14.2. The number of ether oxygens (including phenoxy) is 1. The molecule has 24 heavy (non-hydrogen) atoms. The lowest BCUT2D eigenvalue weighted by Crippen LogP contribution is -2.45. The molecule has 2 amide bonds. The first-order valence-electron chi connectivity index (χ1n) is 8.36. The summed E-state index contributed by atoms with van der Waals surface area (Å²) in [6.07, 6.45) is 3.67. The average Bonchev–Trinajstić information content (AvgIpc) is 2.60. The third kappa shape index (κ3) is 5.11. The quantitative estimate of drug-likeness (QED) is 0.832. The van der Waals surface area contributed by atoms with E-state index in [4.69, 9.17) is 9.84 Å². The number of carbonyl (C=O) groups is 2. The highest BCUT2D eigenvalue weighted by molar-refractivity contribution is 5.75. The van der Waals surface area contributed by atoms with Crippen LogP contribution in [0.2, 0.25) is 0 Å². The molecule has 0 aliphatic carbocycles. The summed E-state index contributed by atoms with van der Waals surface area (Å²) in [6.45, 7) is 5.36. The molecule has 1 aromatic rings. The van der Waals surface area contributed by atoms with Crippen LogP contribution in [0.5, 0.6) is 5.88 Å². The normalized spacial score (nSPS) is 16.5. The fourth-order valence-corrected chi connectivity index (χ4v) is 2.53. The smallest absolute Gasteiger partial charge is 0.317 e. The molecule has 2 rings (SSSR count). The molecule has 1 unspecified atom stereocenters. The predicted octanol–water partition coefficient (Wildman–Crippen LogP) is 2.27. The fourth-order valence-electron chi connectivity index (χ4n) is 2.53. The van der Waals surface area contributed by atoms with E-state index in [2.05, 4.69) is 10.3 Å². The van der Waals surface area contributed by atoms with Crippen molar-refractivity contribution in [3.05, 3.63) is 23.9 Å². The molecule has 0 aromatic carbocycles. The number of rotatable bonds is 6. The van der Waals surface area contributed by atoms with Gasteiger partial charge < -0.3 is 20.1 Å². The predicted molar refractivity (Wildman–Crippen MR) is 88.8 cm³/mol. The van der Waals surface area contributed by atoms with E-state index in [0.29, 0.717) is 38.4 Å². The molecule has 2 heterocycles. The maximum atomic E-state index is 12.2. The van der Waals surface area contributed by atoms with Gasteiger partial charge in [-0.25, -0.2) is 9.78 Å². The molecule has 1 aliphatic rings. The number of urea groups is 1. The van der Waals surface area contributed by atoms with Crippen LogP contribution in [-0.2, 0) is 11.3 Å². The molecular weight excluding hydrogens is 310 g/mol.